The molecule has 0 saturated heterocycles. The second-order valence-corrected chi connectivity index (χ2v) is 6.88. The van der Waals surface area contributed by atoms with Gasteiger partial charge in [0.25, 0.3) is 0 Å². The Morgan fingerprint density at radius 2 is 1.96 bits per heavy atom. The summed E-state index contributed by atoms with van der Waals surface area (Å²) in [6.45, 7) is 0. The maximum atomic E-state index is 10.8. The van der Waals surface area contributed by atoms with Gasteiger partial charge in [0.15, 0.2) is 11.5 Å². The zero-order valence-corrected chi connectivity index (χ0v) is 14.4. The topological polar surface area (TPSA) is 51.6 Å². The summed E-state index contributed by atoms with van der Waals surface area (Å²) in [4.78, 5) is 4.03. The first-order valence-corrected chi connectivity index (χ1v) is 8.87. The zero-order chi connectivity index (χ0) is 17.3. The van der Waals surface area contributed by atoms with E-state index in [0.29, 0.717) is 6.42 Å². The molecule has 1 unspecified atom stereocenters. The second-order valence-electron chi connectivity index (χ2n) is 6.88. The number of benzene rings is 1. The lowest BCUT2D eigenvalue weighted by atomic mass is 9.91. The van der Waals surface area contributed by atoms with Crippen LogP contribution in [0.5, 0.6) is 11.5 Å². The van der Waals surface area contributed by atoms with Crippen LogP contribution < -0.4 is 9.47 Å². The Bertz CT molecular complexity index is 779. The summed E-state index contributed by atoms with van der Waals surface area (Å²) < 4.78 is 11.9. The lowest BCUT2D eigenvalue weighted by Crippen LogP contribution is -2.32. The smallest absolute Gasteiger partial charge is 0.170 e. The van der Waals surface area contributed by atoms with Crippen molar-refractivity contribution in [3.8, 4) is 11.5 Å². The molecule has 4 rings (SSSR count). The van der Waals surface area contributed by atoms with Gasteiger partial charge in [-0.3, -0.25) is 4.98 Å². The van der Waals surface area contributed by atoms with E-state index in [4.69, 9.17) is 9.47 Å². The van der Waals surface area contributed by atoms with Crippen LogP contribution >= 0.6 is 0 Å². The molecule has 4 heteroatoms. The predicted octanol–water partition coefficient (Wildman–Crippen LogP) is 4.08. The molecule has 0 bridgehead atoms. The van der Waals surface area contributed by atoms with Crippen LogP contribution in [0.25, 0.3) is 6.08 Å². The minimum atomic E-state index is -0.604. The number of fused-ring (bicyclic) bond motifs is 1. The number of aliphatic hydroxyl groups excluding tert-OH is 1. The number of pyridine rings is 1. The molecule has 1 aliphatic carbocycles. The highest BCUT2D eigenvalue weighted by molar-refractivity contribution is 5.69. The van der Waals surface area contributed by atoms with Gasteiger partial charge in [0, 0.05) is 24.4 Å². The van der Waals surface area contributed by atoms with E-state index < -0.39 is 6.10 Å². The van der Waals surface area contributed by atoms with Gasteiger partial charge in [-0.15, -0.1) is 0 Å². The van der Waals surface area contributed by atoms with Gasteiger partial charge in [0.1, 0.15) is 5.60 Å². The molecule has 1 aliphatic heterocycles. The quantitative estimate of drug-likeness (QED) is 0.913. The summed E-state index contributed by atoms with van der Waals surface area (Å²) in [5.41, 5.74) is 2.66. The third-order valence-corrected chi connectivity index (χ3v) is 5.26. The van der Waals surface area contributed by atoms with Gasteiger partial charge in [-0.1, -0.05) is 12.1 Å². The van der Waals surface area contributed by atoms with Crippen molar-refractivity contribution in [3.63, 3.8) is 0 Å². The fraction of sp³-hybridized carbons (Fsp3) is 0.381. The lowest BCUT2D eigenvalue weighted by Gasteiger charge is -2.33. The van der Waals surface area contributed by atoms with Crippen molar-refractivity contribution >= 4 is 6.08 Å². The average molecular weight is 337 g/mol. The summed E-state index contributed by atoms with van der Waals surface area (Å²) >= 11 is 0. The van der Waals surface area contributed by atoms with E-state index in [0.717, 1.165) is 41.0 Å². The molecular weight excluding hydrogens is 314 g/mol. The SMILES string of the molecule is COc1ccc(C(O)Cc2ccncc2)c2c1OC1(C=C2)CCCC1. The van der Waals surface area contributed by atoms with Crippen molar-refractivity contribution in [2.24, 2.45) is 0 Å². The van der Waals surface area contributed by atoms with E-state index in [1.165, 1.54) is 12.8 Å². The van der Waals surface area contributed by atoms with Crippen LogP contribution in [0, 0.1) is 0 Å². The van der Waals surface area contributed by atoms with Gasteiger partial charge >= 0.3 is 0 Å². The molecule has 25 heavy (non-hydrogen) atoms. The summed E-state index contributed by atoms with van der Waals surface area (Å²) in [5.74, 6) is 1.49. The first-order valence-electron chi connectivity index (χ1n) is 8.87. The predicted molar refractivity (Wildman–Crippen MR) is 96.8 cm³/mol. The standard InChI is InChI=1S/C21H23NO3/c1-24-19-5-4-16(18(23)14-15-7-12-22-13-8-15)17-6-11-21(25-20(17)19)9-2-3-10-21/h4-8,11-13,18,23H,2-3,9-10,14H2,1H3. The lowest BCUT2D eigenvalue weighted by molar-refractivity contribution is 0.118. The molecule has 130 valence electrons. The molecular formula is C21H23NO3. The summed E-state index contributed by atoms with van der Waals surface area (Å²) in [6.07, 6.45) is 12.2. The van der Waals surface area contributed by atoms with Gasteiger partial charge in [-0.05, 0) is 61.1 Å². The monoisotopic (exact) mass is 337 g/mol. The van der Waals surface area contributed by atoms with Gasteiger partial charge in [0.2, 0.25) is 0 Å². The third kappa shape index (κ3) is 3.02. The van der Waals surface area contributed by atoms with Crippen LogP contribution in [-0.4, -0.2) is 22.8 Å². The maximum Gasteiger partial charge on any atom is 0.170 e. The molecule has 1 fully saturated rings. The van der Waals surface area contributed by atoms with Gasteiger partial charge in [0.05, 0.1) is 13.2 Å². The first-order chi connectivity index (χ1) is 12.2. The molecule has 0 amide bonds. The molecule has 1 aromatic heterocycles. The van der Waals surface area contributed by atoms with E-state index in [1.54, 1.807) is 19.5 Å². The van der Waals surface area contributed by atoms with Crippen molar-refractivity contribution in [2.75, 3.05) is 7.11 Å². The highest BCUT2D eigenvalue weighted by Gasteiger charge is 2.38. The fourth-order valence-electron chi connectivity index (χ4n) is 3.89. The minimum absolute atomic E-state index is 0.199. The number of aromatic nitrogens is 1. The zero-order valence-electron chi connectivity index (χ0n) is 14.4. The number of nitrogens with zero attached hydrogens (tertiary/aromatic N) is 1. The molecule has 1 aromatic carbocycles. The maximum absolute atomic E-state index is 10.8. The Balaban J connectivity index is 1.69. The molecule has 2 aliphatic rings. The Kier molecular flexibility index (Phi) is 4.22. The minimum Gasteiger partial charge on any atom is -0.493 e. The molecule has 1 saturated carbocycles. The summed E-state index contributed by atoms with van der Waals surface area (Å²) in [5, 5.41) is 10.8. The van der Waals surface area contributed by atoms with Gasteiger partial charge in [-0.2, -0.15) is 0 Å². The van der Waals surface area contributed by atoms with Gasteiger partial charge < -0.3 is 14.6 Å². The van der Waals surface area contributed by atoms with E-state index in [1.807, 2.05) is 24.3 Å². The highest BCUT2D eigenvalue weighted by Crippen LogP contribution is 2.47. The number of methoxy groups -OCH3 is 1. The Hall–Kier alpha value is -2.33. The van der Waals surface area contributed by atoms with Crippen molar-refractivity contribution in [1.82, 2.24) is 4.98 Å². The average Bonchev–Trinajstić information content (AvgIpc) is 3.09. The molecule has 4 nitrogen and oxygen atoms in total. The summed E-state index contributed by atoms with van der Waals surface area (Å²) in [6, 6.07) is 7.69. The Morgan fingerprint density at radius 3 is 2.68 bits per heavy atom. The Labute approximate surface area is 148 Å². The highest BCUT2D eigenvalue weighted by atomic mass is 16.5. The van der Waals surface area contributed by atoms with Crippen molar-refractivity contribution in [3.05, 3.63) is 59.4 Å². The number of ether oxygens (including phenoxy) is 2. The number of hydrogen-bond acceptors (Lipinski definition) is 4. The molecule has 1 atom stereocenters. The number of hydrogen-bond donors (Lipinski definition) is 1. The van der Waals surface area contributed by atoms with E-state index in [-0.39, 0.29) is 5.60 Å². The Morgan fingerprint density at radius 1 is 1.20 bits per heavy atom. The van der Waals surface area contributed by atoms with Crippen molar-refractivity contribution in [2.45, 2.75) is 43.8 Å². The van der Waals surface area contributed by atoms with E-state index >= 15 is 0 Å². The van der Waals surface area contributed by atoms with E-state index in [9.17, 15) is 5.11 Å². The summed E-state index contributed by atoms with van der Waals surface area (Å²) in [7, 11) is 1.66. The normalized spacial score (nSPS) is 18.6. The van der Waals surface area contributed by atoms with Crippen LogP contribution in [0.1, 0.15) is 48.5 Å². The fourth-order valence-corrected chi connectivity index (χ4v) is 3.89. The van der Waals surface area contributed by atoms with Crippen LogP contribution in [0.4, 0.5) is 0 Å². The van der Waals surface area contributed by atoms with Gasteiger partial charge in [-0.25, -0.2) is 0 Å². The third-order valence-electron chi connectivity index (χ3n) is 5.26. The molecule has 1 N–H and O–H groups in total. The van der Waals surface area contributed by atoms with Crippen molar-refractivity contribution < 1.29 is 14.6 Å². The van der Waals surface area contributed by atoms with Crippen LogP contribution in [-0.2, 0) is 6.42 Å². The number of aliphatic hydroxyl groups is 1. The van der Waals surface area contributed by atoms with E-state index in [2.05, 4.69) is 17.1 Å². The first kappa shape index (κ1) is 16.2. The molecule has 2 aromatic rings. The molecule has 0 radical (unpaired) electrons. The van der Waals surface area contributed by atoms with Crippen LogP contribution in [0.3, 0.4) is 0 Å². The molecule has 1 spiro atoms. The second kappa shape index (κ2) is 6.52. The number of rotatable bonds is 4. The van der Waals surface area contributed by atoms with Crippen LogP contribution in [0.2, 0.25) is 0 Å². The largest absolute Gasteiger partial charge is 0.493 e. The molecule has 2 heterocycles. The van der Waals surface area contributed by atoms with Crippen molar-refractivity contribution in [1.29, 1.82) is 0 Å². The van der Waals surface area contributed by atoms with Crippen LogP contribution in [0.15, 0.2) is 42.7 Å².